The highest BCUT2D eigenvalue weighted by molar-refractivity contribution is 5.75. The van der Waals surface area contributed by atoms with E-state index in [1.807, 2.05) is 6.08 Å². The van der Waals surface area contributed by atoms with Gasteiger partial charge in [-0.25, -0.2) is 0 Å². The van der Waals surface area contributed by atoms with Crippen molar-refractivity contribution in [2.75, 3.05) is 18.0 Å². The summed E-state index contributed by atoms with van der Waals surface area (Å²) in [5.41, 5.74) is 3.66. The van der Waals surface area contributed by atoms with Crippen LogP contribution in [-0.4, -0.2) is 13.1 Å². The highest BCUT2D eigenvalue weighted by atomic mass is 16.5. The molecule has 0 saturated carbocycles. The monoisotopic (exact) mass is 213 g/mol. The first-order chi connectivity index (χ1) is 7.74. The minimum Gasteiger partial charge on any atom is -0.457 e. The van der Waals surface area contributed by atoms with Crippen molar-refractivity contribution in [3.63, 3.8) is 0 Å². The fourth-order valence-corrected chi connectivity index (χ4v) is 2.18. The van der Waals surface area contributed by atoms with Gasteiger partial charge in [-0.2, -0.15) is 0 Å². The van der Waals surface area contributed by atoms with E-state index in [1.165, 1.54) is 23.2 Å². The molecule has 1 saturated heterocycles. The summed E-state index contributed by atoms with van der Waals surface area (Å²) in [5, 5.41) is 0. The molecule has 0 aromatic heterocycles. The highest BCUT2D eigenvalue weighted by Gasteiger charge is 2.18. The van der Waals surface area contributed by atoms with Crippen LogP contribution in [0.15, 0.2) is 36.6 Å². The fraction of sp³-hybridized carbons (Fsp3) is 0.286. The van der Waals surface area contributed by atoms with E-state index in [0.29, 0.717) is 0 Å². The topological polar surface area (TPSA) is 12.5 Å². The maximum absolute atomic E-state index is 5.66. The molecule has 0 aliphatic carbocycles. The molecule has 0 unspecified atom stereocenters. The Balaban J connectivity index is 2.02. The Morgan fingerprint density at radius 2 is 2.12 bits per heavy atom. The lowest BCUT2D eigenvalue weighted by molar-refractivity contribution is 0.440. The molecule has 0 spiro atoms. The first kappa shape index (κ1) is 9.52. The van der Waals surface area contributed by atoms with Gasteiger partial charge in [-0.05, 0) is 37.1 Å². The van der Waals surface area contributed by atoms with Gasteiger partial charge in [-0.15, -0.1) is 0 Å². The number of benzene rings is 1. The number of hydrogen-bond acceptors (Lipinski definition) is 2. The third-order valence-electron chi connectivity index (χ3n) is 3.23. The zero-order valence-corrected chi connectivity index (χ0v) is 9.49. The van der Waals surface area contributed by atoms with Gasteiger partial charge in [0, 0.05) is 30.4 Å². The molecule has 2 heteroatoms. The largest absolute Gasteiger partial charge is 0.457 e. The lowest BCUT2D eigenvalue weighted by Gasteiger charge is -2.34. The van der Waals surface area contributed by atoms with Crippen LogP contribution in [0.25, 0.3) is 5.57 Å². The van der Waals surface area contributed by atoms with E-state index in [4.69, 9.17) is 4.74 Å². The van der Waals surface area contributed by atoms with Crippen LogP contribution in [0.5, 0.6) is 5.75 Å². The molecule has 3 rings (SSSR count). The molecular weight excluding hydrogens is 198 g/mol. The van der Waals surface area contributed by atoms with Gasteiger partial charge in [-0.3, -0.25) is 0 Å². The first-order valence-corrected chi connectivity index (χ1v) is 5.68. The smallest absolute Gasteiger partial charge is 0.136 e. The molecule has 0 N–H and O–H groups in total. The Morgan fingerprint density at radius 3 is 2.81 bits per heavy atom. The van der Waals surface area contributed by atoms with Crippen molar-refractivity contribution in [2.45, 2.75) is 13.3 Å². The molecular formula is C14H15NO. The lowest BCUT2D eigenvalue weighted by Crippen LogP contribution is -2.36. The Kier molecular flexibility index (Phi) is 2.03. The number of allylic oxidation sites excluding steroid dienone is 2. The summed E-state index contributed by atoms with van der Waals surface area (Å²) < 4.78 is 5.66. The van der Waals surface area contributed by atoms with Crippen LogP contribution < -0.4 is 9.64 Å². The van der Waals surface area contributed by atoms with Crippen LogP contribution in [0.1, 0.15) is 18.9 Å². The number of nitrogens with zero attached hydrogens (tertiary/aromatic N) is 1. The molecule has 0 radical (unpaired) electrons. The average molecular weight is 213 g/mol. The molecule has 1 fully saturated rings. The molecule has 2 aliphatic heterocycles. The summed E-state index contributed by atoms with van der Waals surface area (Å²) in [6.07, 6.45) is 3.27. The van der Waals surface area contributed by atoms with E-state index >= 15 is 0 Å². The quantitative estimate of drug-likeness (QED) is 0.710. The van der Waals surface area contributed by atoms with E-state index in [9.17, 15) is 0 Å². The van der Waals surface area contributed by atoms with Crippen LogP contribution in [0, 0.1) is 0 Å². The fourth-order valence-electron chi connectivity index (χ4n) is 2.18. The van der Waals surface area contributed by atoms with E-state index in [0.717, 1.165) is 24.6 Å². The molecule has 0 amide bonds. The highest BCUT2D eigenvalue weighted by Crippen LogP contribution is 2.36. The van der Waals surface area contributed by atoms with E-state index in [-0.39, 0.29) is 0 Å². The van der Waals surface area contributed by atoms with Crippen molar-refractivity contribution in [1.29, 1.82) is 0 Å². The number of hydrogen-bond donors (Lipinski definition) is 0. The molecule has 1 aromatic carbocycles. The van der Waals surface area contributed by atoms with Crippen molar-refractivity contribution >= 4 is 11.3 Å². The Morgan fingerprint density at radius 1 is 1.31 bits per heavy atom. The van der Waals surface area contributed by atoms with Crippen molar-refractivity contribution in [3.05, 3.63) is 42.2 Å². The molecule has 0 atom stereocenters. The van der Waals surface area contributed by atoms with Gasteiger partial charge >= 0.3 is 0 Å². The van der Waals surface area contributed by atoms with Crippen molar-refractivity contribution in [1.82, 2.24) is 0 Å². The van der Waals surface area contributed by atoms with Crippen LogP contribution in [0.2, 0.25) is 0 Å². The van der Waals surface area contributed by atoms with E-state index < -0.39 is 0 Å². The van der Waals surface area contributed by atoms with Crippen LogP contribution in [-0.2, 0) is 0 Å². The summed E-state index contributed by atoms with van der Waals surface area (Å²) in [5.74, 6) is 1.67. The maximum atomic E-state index is 5.66. The predicted octanol–water partition coefficient (Wildman–Crippen LogP) is 3.21. The minimum atomic E-state index is 0.728. The zero-order chi connectivity index (χ0) is 11.1. The van der Waals surface area contributed by atoms with Gasteiger partial charge in [0.15, 0.2) is 0 Å². The summed E-state index contributed by atoms with van der Waals surface area (Å²) in [6.45, 7) is 8.28. The van der Waals surface area contributed by atoms with Crippen molar-refractivity contribution in [2.24, 2.45) is 0 Å². The number of rotatable bonds is 1. The van der Waals surface area contributed by atoms with Gasteiger partial charge in [-0.1, -0.05) is 6.58 Å². The number of anilines is 1. The van der Waals surface area contributed by atoms with Gasteiger partial charge in [0.1, 0.15) is 11.5 Å². The zero-order valence-electron chi connectivity index (χ0n) is 9.49. The third kappa shape index (κ3) is 1.42. The molecule has 2 aliphatic rings. The predicted molar refractivity (Wildman–Crippen MR) is 66.7 cm³/mol. The van der Waals surface area contributed by atoms with Gasteiger partial charge in [0.2, 0.25) is 0 Å². The van der Waals surface area contributed by atoms with Gasteiger partial charge in [0.25, 0.3) is 0 Å². The molecule has 82 valence electrons. The normalized spacial score (nSPS) is 18.4. The van der Waals surface area contributed by atoms with Crippen LogP contribution >= 0.6 is 0 Å². The van der Waals surface area contributed by atoms with Crippen molar-refractivity contribution < 1.29 is 4.74 Å². The van der Waals surface area contributed by atoms with E-state index in [2.05, 4.69) is 36.6 Å². The maximum Gasteiger partial charge on any atom is 0.136 e. The van der Waals surface area contributed by atoms with E-state index in [1.54, 1.807) is 0 Å². The second-order valence-electron chi connectivity index (χ2n) is 4.42. The SMILES string of the molecule is C=C1C=C(C)c2ccc(N3CCC3)cc2O1. The molecule has 2 heterocycles. The Labute approximate surface area is 95.8 Å². The summed E-state index contributed by atoms with van der Waals surface area (Å²) >= 11 is 0. The minimum absolute atomic E-state index is 0.728. The Hall–Kier alpha value is -1.70. The first-order valence-electron chi connectivity index (χ1n) is 5.68. The van der Waals surface area contributed by atoms with Crippen LogP contribution in [0.4, 0.5) is 5.69 Å². The molecule has 1 aromatic rings. The summed E-state index contributed by atoms with van der Waals surface area (Å²) in [4.78, 5) is 2.36. The number of ether oxygens (including phenoxy) is 1. The second-order valence-corrected chi connectivity index (χ2v) is 4.42. The summed E-state index contributed by atoms with van der Waals surface area (Å²) in [6, 6.07) is 6.43. The van der Waals surface area contributed by atoms with Crippen LogP contribution in [0.3, 0.4) is 0 Å². The standard InChI is InChI=1S/C14H15NO/c1-10-8-11(2)16-14-9-12(4-5-13(10)14)15-6-3-7-15/h4-5,8-9H,2-3,6-7H2,1H3. The van der Waals surface area contributed by atoms with Gasteiger partial charge < -0.3 is 9.64 Å². The van der Waals surface area contributed by atoms with Gasteiger partial charge in [0.05, 0.1) is 0 Å². The molecule has 0 bridgehead atoms. The summed E-state index contributed by atoms with van der Waals surface area (Å²) in [7, 11) is 0. The third-order valence-corrected chi connectivity index (χ3v) is 3.23. The second kappa shape index (κ2) is 3.41. The van der Waals surface area contributed by atoms with Crippen molar-refractivity contribution in [3.8, 4) is 5.75 Å². The molecule has 2 nitrogen and oxygen atoms in total. The Bertz CT molecular complexity index is 484. The molecule has 16 heavy (non-hydrogen) atoms. The number of fused-ring (bicyclic) bond motifs is 1. The lowest BCUT2D eigenvalue weighted by atomic mass is 10.0. The average Bonchev–Trinajstić information content (AvgIpc) is 2.13.